The van der Waals surface area contributed by atoms with Gasteiger partial charge in [0.15, 0.2) is 0 Å². The molecule has 1 amide bonds. The van der Waals surface area contributed by atoms with Crippen LogP contribution >= 0.6 is 0 Å². The summed E-state index contributed by atoms with van der Waals surface area (Å²) in [6.45, 7) is 2.11. The van der Waals surface area contributed by atoms with Crippen LogP contribution in [0.1, 0.15) is 22.0 Å². The summed E-state index contributed by atoms with van der Waals surface area (Å²) < 4.78 is 1.63. The second-order valence-corrected chi connectivity index (χ2v) is 6.03. The van der Waals surface area contributed by atoms with Gasteiger partial charge in [-0.15, -0.1) is 0 Å². The third kappa shape index (κ3) is 3.16. The van der Waals surface area contributed by atoms with Crippen LogP contribution in [-0.4, -0.2) is 45.2 Å². The van der Waals surface area contributed by atoms with Gasteiger partial charge in [0.05, 0.1) is 11.3 Å². The number of aromatic nitrogens is 3. The molecular formula is C19H19N5O. The Morgan fingerprint density at radius 3 is 2.68 bits per heavy atom. The highest BCUT2D eigenvalue weighted by atomic mass is 16.2. The number of hydrogen-bond donors (Lipinski definition) is 1. The Morgan fingerprint density at radius 1 is 1.08 bits per heavy atom. The molecule has 3 aromatic rings. The van der Waals surface area contributed by atoms with Crippen molar-refractivity contribution in [3.8, 4) is 5.69 Å². The van der Waals surface area contributed by atoms with Crippen LogP contribution < -0.4 is 5.32 Å². The number of piperazine rings is 1. The molecule has 1 N–H and O–H groups in total. The van der Waals surface area contributed by atoms with E-state index in [0.717, 1.165) is 12.2 Å². The molecule has 0 saturated carbocycles. The third-order valence-corrected chi connectivity index (χ3v) is 4.46. The minimum Gasteiger partial charge on any atom is -0.335 e. The molecule has 6 heteroatoms. The lowest BCUT2D eigenvalue weighted by Gasteiger charge is -2.34. The first-order chi connectivity index (χ1) is 12.3. The average Bonchev–Trinajstić information content (AvgIpc) is 3.23. The molecule has 2 aromatic carbocycles. The number of nitrogens with zero attached hydrogens (tertiary/aromatic N) is 4. The molecule has 0 radical (unpaired) electrons. The van der Waals surface area contributed by atoms with E-state index in [0.29, 0.717) is 18.7 Å². The van der Waals surface area contributed by atoms with Gasteiger partial charge in [-0.25, -0.2) is 9.67 Å². The highest BCUT2D eigenvalue weighted by Gasteiger charge is 2.26. The van der Waals surface area contributed by atoms with Gasteiger partial charge in [-0.1, -0.05) is 42.5 Å². The van der Waals surface area contributed by atoms with E-state index in [2.05, 4.69) is 27.5 Å². The minimum absolute atomic E-state index is 0.0218. The van der Waals surface area contributed by atoms with Crippen molar-refractivity contribution in [2.75, 3.05) is 19.6 Å². The molecule has 1 aliphatic rings. The number of hydrogen-bond acceptors (Lipinski definition) is 4. The fourth-order valence-corrected chi connectivity index (χ4v) is 3.20. The molecular weight excluding hydrogens is 314 g/mol. The molecule has 0 aliphatic carbocycles. The Kier molecular flexibility index (Phi) is 4.26. The van der Waals surface area contributed by atoms with Crippen LogP contribution in [0, 0.1) is 0 Å². The first-order valence-electron chi connectivity index (χ1n) is 8.34. The topological polar surface area (TPSA) is 63.1 Å². The van der Waals surface area contributed by atoms with Crippen molar-refractivity contribution in [2.24, 2.45) is 0 Å². The van der Waals surface area contributed by atoms with E-state index in [1.54, 1.807) is 11.0 Å². The summed E-state index contributed by atoms with van der Waals surface area (Å²) in [6, 6.07) is 17.9. The fraction of sp³-hybridized carbons (Fsp3) is 0.211. The summed E-state index contributed by atoms with van der Waals surface area (Å²) in [6.07, 6.45) is 3.08. The smallest absolute Gasteiger partial charge is 0.256 e. The Labute approximate surface area is 146 Å². The Hall–Kier alpha value is -2.99. The molecule has 1 atom stereocenters. The van der Waals surface area contributed by atoms with Crippen molar-refractivity contribution in [3.63, 3.8) is 0 Å². The second-order valence-electron chi connectivity index (χ2n) is 6.03. The van der Waals surface area contributed by atoms with Crippen molar-refractivity contribution in [3.05, 3.63) is 78.4 Å². The van der Waals surface area contributed by atoms with Crippen LogP contribution in [0.3, 0.4) is 0 Å². The molecule has 1 fully saturated rings. The van der Waals surface area contributed by atoms with Crippen molar-refractivity contribution in [2.45, 2.75) is 6.04 Å². The number of para-hydroxylation sites is 1. The maximum atomic E-state index is 13.1. The molecule has 2 heterocycles. The van der Waals surface area contributed by atoms with Gasteiger partial charge in [0, 0.05) is 25.7 Å². The van der Waals surface area contributed by atoms with E-state index >= 15 is 0 Å². The van der Waals surface area contributed by atoms with Crippen LogP contribution in [0.15, 0.2) is 67.3 Å². The van der Waals surface area contributed by atoms with Gasteiger partial charge in [-0.3, -0.25) is 4.79 Å². The van der Waals surface area contributed by atoms with Gasteiger partial charge in [-0.05, 0) is 17.7 Å². The van der Waals surface area contributed by atoms with E-state index in [1.165, 1.54) is 11.9 Å². The zero-order chi connectivity index (χ0) is 17.1. The van der Waals surface area contributed by atoms with E-state index < -0.39 is 0 Å². The number of nitrogens with one attached hydrogen (secondary N) is 1. The van der Waals surface area contributed by atoms with Crippen molar-refractivity contribution in [1.29, 1.82) is 0 Å². The summed E-state index contributed by atoms with van der Waals surface area (Å²) in [7, 11) is 0. The van der Waals surface area contributed by atoms with Crippen molar-refractivity contribution in [1.82, 2.24) is 25.0 Å². The number of rotatable bonds is 3. The highest BCUT2D eigenvalue weighted by molar-refractivity contribution is 5.97. The van der Waals surface area contributed by atoms with E-state index in [9.17, 15) is 4.79 Å². The average molecular weight is 333 g/mol. The molecule has 126 valence electrons. The van der Waals surface area contributed by atoms with Gasteiger partial charge in [0.2, 0.25) is 0 Å². The standard InChI is InChI=1S/C19H19N5O/c25-19(16-8-4-5-9-18(16)24-14-20-13-22-24)23-11-10-21-17(12-23)15-6-2-1-3-7-15/h1-9,13-14,17,21H,10-12H2/t17-/m1/s1. The molecule has 25 heavy (non-hydrogen) atoms. The summed E-state index contributed by atoms with van der Waals surface area (Å²) >= 11 is 0. The molecule has 0 bridgehead atoms. The van der Waals surface area contributed by atoms with E-state index in [4.69, 9.17) is 0 Å². The number of carbonyl (C=O) groups is 1. The summed E-state index contributed by atoms with van der Waals surface area (Å²) in [5, 5.41) is 7.65. The molecule has 6 nitrogen and oxygen atoms in total. The highest BCUT2D eigenvalue weighted by Crippen LogP contribution is 2.21. The summed E-state index contributed by atoms with van der Waals surface area (Å²) in [5.74, 6) is 0.0218. The third-order valence-electron chi connectivity index (χ3n) is 4.46. The van der Waals surface area contributed by atoms with Crippen LogP contribution in [0.2, 0.25) is 0 Å². The molecule has 0 spiro atoms. The monoisotopic (exact) mass is 333 g/mol. The Bertz CT molecular complexity index is 847. The zero-order valence-corrected chi connectivity index (χ0v) is 13.7. The maximum absolute atomic E-state index is 13.1. The van der Waals surface area contributed by atoms with Gasteiger partial charge < -0.3 is 10.2 Å². The van der Waals surface area contributed by atoms with Crippen LogP contribution in [0.4, 0.5) is 0 Å². The molecule has 0 unspecified atom stereocenters. The summed E-state index contributed by atoms with van der Waals surface area (Å²) in [5.41, 5.74) is 2.59. The number of amides is 1. The first-order valence-corrected chi connectivity index (χ1v) is 8.34. The van der Waals surface area contributed by atoms with Crippen LogP contribution in [0.5, 0.6) is 0 Å². The Balaban J connectivity index is 1.59. The Morgan fingerprint density at radius 2 is 1.88 bits per heavy atom. The first kappa shape index (κ1) is 15.5. The van der Waals surface area contributed by atoms with Crippen LogP contribution in [-0.2, 0) is 0 Å². The number of benzene rings is 2. The molecule has 1 aromatic heterocycles. The predicted octanol–water partition coefficient (Wildman–Crippen LogP) is 2.05. The van der Waals surface area contributed by atoms with E-state index in [-0.39, 0.29) is 11.9 Å². The SMILES string of the molecule is O=C(c1ccccc1-n1cncn1)N1CCN[C@@H](c2ccccc2)C1. The van der Waals surface area contributed by atoms with Gasteiger partial charge in [-0.2, -0.15) is 5.10 Å². The lowest BCUT2D eigenvalue weighted by atomic mass is 10.0. The largest absolute Gasteiger partial charge is 0.335 e. The fourth-order valence-electron chi connectivity index (χ4n) is 3.20. The maximum Gasteiger partial charge on any atom is 0.256 e. The summed E-state index contributed by atoms with van der Waals surface area (Å²) in [4.78, 5) is 19.0. The van der Waals surface area contributed by atoms with Gasteiger partial charge in [0.1, 0.15) is 12.7 Å². The van der Waals surface area contributed by atoms with Gasteiger partial charge in [0.25, 0.3) is 5.91 Å². The van der Waals surface area contributed by atoms with E-state index in [1.807, 2.05) is 47.4 Å². The van der Waals surface area contributed by atoms with Crippen LogP contribution in [0.25, 0.3) is 5.69 Å². The lowest BCUT2D eigenvalue weighted by molar-refractivity contribution is 0.0703. The normalized spacial score (nSPS) is 17.4. The molecule has 1 saturated heterocycles. The second kappa shape index (κ2) is 6.86. The lowest BCUT2D eigenvalue weighted by Crippen LogP contribution is -2.48. The molecule has 1 aliphatic heterocycles. The van der Waals surface area contributed by atoms with Crippen molar-refractivity contribution >= 4 is 5.91 Å². The number of carbonyl (C=O) groups excluding carboxylic acids is 1. The quantitative estimate of drug-likeness (QED) is 0.797. The minimum atomic E-state index is 0.0218. The van der Waals surface area contributed by atoms with Gasteiger partial charge >= 0.3 is 0 Å². The van der Waals surface area contributed by atoms with Crippen molar-refractivity contribution < 1.29 is 4.79 Å². The molecule has 4 rings (SSSR count). The predicted molar refractivity (Wildman–Crippen MR) is 94.4 cm³/mol. The zero-order valence-electron chi connectivity index (χ0n) is 13.7.